The molecule has 1 N–H and O–H groups in total. The number of para-hydroxylation sites is 1. The van der Waals surface area contributed by atoms with Crippen molar-refractivity contribution in [1.29, 1.82) is 0 Å². The van der Waals surface area contributed by atoms with Crippen LogP contribution in [-0.2, 0) is 9.59 Å². The summed E-state index contributed by atoms with van der Waals surface area (Å²) in [6.07, 6.45) is 1.36. The van der Waals surface area contributed by atoms with Gasteiger partial charge in [0, 0.05) is 17.7 Å². The highest BCUT2D eigenvalue weighted by molar-refractivity contribution is 6.39. The number of methoxy groups -OCH3 is 3. The standard InChI is InChI=1S/C20H17ClN2O6/c1-27-15-7-5-4-6-11(15)8-12-18(24)22-20(26)23(19(12)25)14-10-16(28-2)13(21)9-17(14)29-3/h4-10H,1-3H3,(H,22,24,26). The van der Waals surface area contributed by atoms with Gasteiger partial charge in [-0.05, 0) is 12.1 Å². The maximum atomic E-state index is 13.1. The maximum absolute atomic E-state index is 13.1. The summed E-state index contributed by atoms with van der Waals surface area (Å²) in [6, 6.07) is 8.73. The average molecular weight is 417 g/mol. The minimum Gasteiger partial charge on any atom is -0.496 e. The van der Waals surface area contributed by atoms with Gasteiger partial charge in [-0.1, -0.05) is 29.8 Å². The number of nitrogens with one attached hydrogen (secondary N) is 1. The highest BCUT2D eigenvalue weighted by atomic mass is 35.5. The van der Waals surface area contributed by atoms with Crippen LogP contribution in [0.2, 0.25) is 5.02 Å². The Balaban J connectivity index is 2.12. The zero-order valence-electron chi connectivity index (χ0n) is 15.8. The van der Waals surface area contributed by atoms with Crippen molar-refractivity contribution in [2.45, 2.75) is 0 Å². The Hall–Kier alpha value is -3.52. The van der Waals surface area contributed by atoms with Crippen molar-refractivity contribution >= 4 is 41.2 Å². The number of nitrogens with zero attached hydrogens (tertiary/aromatic N) is 1. The first-order valence-electron chi connectivity index (χ1n) is 8.37. The third-order valence-electron chi connectivity index (χ3n) is 4.23. The second-order valence-electron chi connectivity index (χ2n) is 5.86. The lowest BCUT2D eigenvalue weighted by atomic mass is 10.1. The van der Waals surface area contributed by atoms with Crippen molar-refractivity contribution < 1.29 is 28.6 Å². The summed E-state index contributed by atoms with van der Waals surface area (Å²) in [5, 5.41) is 2.39. The maximum Gasteiger partial charge on any atom is 0.336 e. The van der Waals surface area contributed by atoms with Crippen LogP contribution < -0.4 is 24.4 Å². The molecule has 0 radical (unpaired) electrons. The number of carbonyl (C=O) groups is 3. The molecule has 150 valence electrons. The molecule has 8 nitrogen and oxygen atoms in total. The van der Waals surface area contributed by atoms with Gasteiger partial charge in [0.2, 0.25) is 0 Å². The Morgan fingerprint density at radius 2 is 1.59 bits per heavy atom. The fourth-order valence-corrected chi connectivity index (χ4v) is 3.07. The van der Waals surface area contributed by atoms with E-state index in [-0.39, 0.29) is 27.8 Å². The largest absolute Gasteiger partial charge is 0.496 e. The molecule has 1 fully saturated rings. The van der Waals surface area contributed by atoms with Gasteiger partial charge in [-0.2, -0.15) is 0 Å². The van der Waals surface area contributed by atoms with E-state index < -0.39 is 17.8 Å². The lowest BCUT2D eigenvalue weighted by Gasteiger charge is -2.28. The number of benzene rings is 2. The number of hydrogen-bond donors (Lipinski definition) is 1. The fourth-order valence-electron chi connectivity index (χ4n) is 2.84. The number of anilines is 1. The lowest BCUT2D eigenvalue weighted by molar-refractivity contribution is -0.122. The van der Waals surface area contributed by atoms with E-state index in [1.807, 2.05) is 0 Å². The van der Waals surface area contributed by atoms with E-state index >= 15 is 0 Å². The average Bonchev–Trinajstić information content (AvgIpc) is 2.71. The van der Waals surface area contributed by atoms with Crippen molar-refractivity contribution in [1.82, 2.24) is 5.32 Å². The first-order chi connectivity index (χ1) is 13.9. The van der Waals surface area contributed by atoms with Gasteiger partial charge in [0.15, 0.2) is 0 Å². The number of amides is 4. The number of halogens is 1. The molecule has 1 aliphatic heterocycles. The summed E-state index contributed by atoms with van der Waals surface area (Å²) in [5.74, 6) is -0.787. The van der Waals surface area contributed by atoms with Crippen LogP contribution in [0.5, 0.6) is 17.2 Å². The van der Waals surface area contributed by atoms with E-state index in [4.69, 9.17) is 25.8 Å². The monoisotopic (exact) mass is 416 g/mol. The molecular formula is C20H17ClN2O6. The molecule has 1 heterocycles. The van der Waals surface area contributed by atoms with Gasteiger partial charge in [-0.15, -0.1) is 0 Å². The Bertz CT molecular complexity index is 1030. The number of barbiturate groups is 1. The molecule has 1 aliphatic rings. The minimum atomic E-state index is -0.917. The SMILES string of the molecule is COc1cc(N2C(=O)NC(=O)C(=Cc3ccccc3OC)C2=O)c(OC)cc1Cl. The second kappa shape index (κ2) is 8.24. The predicted molar refractivity (Wildman–Crippen MR) is 107 cm³/mol. The molecule has 0 atom stereocenters. The number of carbonyl (C=O) groups excluding carboxylic acids is 3. The smallest absolute Gasteiger partial charge is 0.336 e. The van der Waals surface area contributed by atoms with Crippen molar-refractivity contribution in [3.05, 3.63) is 52.6 Å². The van der Waals surface area contributed by atoms with Crippen molar-refractivity contribution in [2.75, 3.05) is 26.2 Å². The highest BCUT2D eigenvalue weighted by Crippen LogP contribution is 2.39. The fraction of sp³-hybridized carbons (Fsp3) is 0.150. The Labute approximate surface area is 171 Å². The van der Waals surface area contributed by atoms with Crippen LogP contribution in [0.1, 0.15) is 5.56 Å². The summed E-state index contributed by atoms with van der Waals surface area (Å²) in [5.41, 5.74) is 0.336. The predicted octanol–water partition coefficient (Wildman–Crippen LogP) is 3.03. The summed E-state index contributed by atoms with van der Waals surface area (Å²) in [7, 11) is 4.23. The molecule has 0 spiro atoms. The molecule has 0 aliphatic carbocycles. The van der Waals surface area contributed by atoms with E-state index in [0.717, 1.165) is 4.90 Å². The van der Waals surface area contributed by atoms with Gasteiger partial charge in [-0.3, -0.25) is 14.9 Å². The zero-order chi connectivity index (χ0) is 21.1. The van der Waals surface area contributed by atoms with Crippen LogP contribution in [0.4, 0.5) is 10.5 Å². The minimum absolute atomic E-state index is 0.0784. The molecule has 3 rings (SSSR count). The van der Waals surface area contributed by atoms with E-state index in [2.05, 4.69) is 5.32 Å². The molecular weight excluding hydrogens is 400 g/mol. The first-order valence-corrected chi connectivity index (χ1v) is 8.75. The van der Waals surface area contributed by atoms with Gasteiger partial charge in [0.1, 0.15) is 22.8 Å². The zero-order valence-corrected chi connectivity index (χ0v) is 16.6. The van der Waals surface area contributed by atoms with E-state index in [1.165, 1.54) is 39.5 Å². The molecule has 9 heteroatoms. The summed E-state index contributed by atoms with van der Waals surface area (Å²) in [6.45, 7) is 0. The van der Waals surface area contributed by atoms with Crippen LogP contribution in [0.15, 0.2) is 42.0 Å². The van der Waals surface area contributed by atoms with Gasteiger partial charge >= 0.3 is 6.03 Å². The van der Waals surface area contributed by atoms with Crippen LogP contribution in [0.25, 0.3) is 6.08 Å². The molecule has 0 saturated carbocycles. The lowest BCUT2D eigenvalue weighted by Crippen LogP contribution is -2.54. The number of ether oxygens (including phenoxy) is 3. The molecule has 2 aromatic rings. The van der Waals surface area contributed by atoms with Crippen LogP contribution in [0, 0.1) is 0 Å². The first kappa shape index (κ1) is 20.2. The van der Waals surface area contributed by atoms with Crippen LogP contribution >= 0.6 is 11.6 Å². The van der Waals surface area contributed by atoms with Gasteiger partial charge in [0.05, 0.1) is 32.0 Å². The summed E-state index contributed by atoms with van der Waals surface area (Å²) in [4.78, 5) is 38.7. The molecule has 0 unspecified atom stereocenters. The molecule has 29 heavy (non-hydrogen) atoms. The van der Waals surface area contributed by atoms with E-state index in [0.29, 0.717) is 11.3 Å². The van der Waals surface area contributed by atoms with Gasteiger partial charge in [-0.25, -0.2) is 9.69 Å². The number of imide groups is 2. The molecule has 1 saturated heterocycles. The molecule has 0 bridgehead atoms. The van der Waals surface area contributed by atoms with Crippen molar-refractivity contribution in [3.63, 3.8) is 0 Å². The van der Waals surface area contributed by atoms with Crippen molar-refractivity contribution in [3.8, 4) is 17.2 Å². The Kier molecular flexibility index (Phi) is 5.74. The normalized spacial score (nSPS) is 15.4. The number of rotatable bonds is 5. The third kappa shape index (κ3) is 3.74. The second-order valence-corrected chi connectivity index (χ2v) is 6.27. The highest BCUT2D eigenvalue weighted by Gasteiger charge is 2.38. The third-order valence-corrected chi connectivity index (χ3v) is 4.53. The summed E-state index contributed by atoms with van der Waals surface area (Å²) < 4.78 is 15.7. The van der Waals surface area contributed by atoms with Crippen molar-refractivity contribution in [2.24, 2.45) is 0 Å². The van der Waals surface area contributed by atoms with E-state index in [9.17, 15) is 14.4 Å². The topological polar surface area (TPSA) is 94.2 Å². The number of hydrogen-bond acceptors (Lipinski definition) is 6. The molecule has 4 amide bonds. The Morgan fingerprint density at radius 1 is 0.931 bits per heavy atom. The van der Waals surface area contributed by atoms with Gasteiger partial charge < -0.3 is 14.2 Å². The van der Waals surface area contributed by atoms with Gasteiger partial charge in [0.25, 0.3) is 11.8 Å². The summed E-state index contributed by atoms with van der Waals surface area (Å²) >= 11 is 6.10. The molecule has 0 aromatic heterocycles. The van der Waals surface area contributed by atoms with Crippen LogP contribution in [0.3, 0.4) is 0 Å². The molecule has 2 aromatic carbocycles. The van der Waals surface area contributed by atoms with E-state index in [1.54, 1.807) is 24.3 Å². The Morgan fingerprint density at radius 3 is 2.24 bits per heavy atom. The van der Waals surface area contributed by atoms with Crippen LogP contribution in [-0.4, -0.2) is 39.2 Å². The quantitative estimate of drug-likeness (QED) is 0.594. The number of urea groups is 1.